The van der Waals surface area contributed by atoms with Gasteiger partial charge in [0.2, 0.25) is 20.0 Å². The van der Waals surface area contributed by atoms with Crippen molar-refractivity contribution in [3.63, 3.8) is 0 Å². The molecule has 11 heteroatoms. The summed E-state index contributed by atoms with van der Waals surface area (Å²) in [5.41, 5.74) is 1.70. The van der Waals surface area contributed by atoms with E-state index in [-0.39, 0.29) is 16.2 Å². The van der Waals surface area contributed by atoms with Crippen molar-refractivity contribution >= 4 is 37.3 Å². The summed E-state index contributed by atoms with van der Waals surface area (Å²) in [6.07, 6.45) is 0.488. The van der Waals surface area contributed by atoms with Crippen LogP contribution in [0.15, 0.2) is 47.4 Å². The summed E-state index contributed by atoms with van der Waals surface area (Å²) in [6.45, 7) is 4.78. The van der Waals surface area contributed by atoms with E-state index in [9.17, 15) is 21.6 Å². The molecule has 1 amide bonds. The van der Waals surface area contributed by atoms with Crippen molar-refractivity contribution in [1.82, 2.24) is 4.31 Å². The maximum atomic E-state index is 12.7. The molecule has 0 atom stereocenters. The summed E-state index contributed by atoms with van der Waals surface area (Å²) in [4.78, 5) is 12.8. The van der Waals surface area contributed by atoms with Gasteiger partial charge in [0, 0.05) is 24.3 Å². The number of sulfonamides is 2. The monoisotopic (exact) mass is 481 g/mol. The SMILES string of the molecule is CCCS(=O)(=O)Nc1cccc(NC(=O)c2ccc(S(=O)(=O)N3CCOCC3)cc2)c1C. The summed E-state index contributed by atoms with van der Waals surface area (Å²) in [7, 11) is -7.11. The molecule has 1 aliphatic rings. The third-order valence-electron chi connectivity index (χ3n) is 5.04. The molecule has 32 heavy (non-hydrogen) atoms. The minimum absolute atomic E-state index is 0.00271. The van der Waals surface area contributed by atoms with Crippen LogP contribution in [0.2, 0.25) is 0 Å². The van der Waals surface area contributed by atoms with Crippen LogP contribution in [-0.4, -0.2) is 59.1 Å². The van der Waals surface area contributed by atoms with Gasteiger partial charge in [0.1, 0.15) is 0 Å². The Bertz CT molecular complexity index is 1170. The Labute approximate surface area is 188 Å². The molecule has 2 aromatic rings. The molecule has 2 N–H and O–H groups in total. The van der Waals surface area contributed by atoms with Gasteiger partial charge in [0.05, 0.1) is 29.5 Å². The van der Waals surface area contributed by atoms with Gasteiger partial charge in [-0.25, -0.2) is 16.8 Å². The Morgan fingerprint density at radius 1 is 1.00 bits per heavy atom. The third kappa shape index (κ3) is 5.66. The van der Waals surface area contributed by atoms with Gasteiger partial charge in [-0.05, 0) is 55.3 Å². The van der Waals surface area contributed by atoms with Crippen LogP contribution in [0.3, 0.4) is 0 Å². The highest BCUT2D eigenvalue weighted by molar-refractivity contribution is 7.92. The van der Waals surface area contributed by atoms with Crippen LogP contribution in [0.4, 0.5) is 11.4 Å². The average molecular weight is 482 g/mol. The minimum atomic E-state index is -3.64. The predicted octanol–water partition coefficient (Wildman–Crippen LogP) is 2.42. The van der Waals surface area contributed by atoms with Crippen LogP contribution in [0.25, 0.3) is 0 Å². The largest absolute Gasteiger partial charge is 0.379 e. The minimum Gasteiger partial charge on any atom is -0.379 e. The lowest BCUT2D eigenvalue weighted by Crippen LogP contribution is -2.40. The van der Waals surface area contributed by atoms with E-state index in [1.165, 1.54) is 28.6 Å². The van der Waals surface area contributed by atoms with E-state index < -0.39 is 26.0 Å². The number of ether oxygens (including phenoxy) is 1. The number of benzene rings is 2. The Balaban J connectivity index is 1.74. The number of hydrogen-bond acceptors (Lipinski definition) is 6. The first-order valence-corrected chi connectivity index (χ1v) is 13.3. The molecule has 0 radical (unpaired) electrons. The van der Waals surface area contributed by atoms with E-state index in [0.29, 0.717) is 49.7 Å². The van der Waals surface area contributed by atoms with Crippen LogP contribution in [0.1, 0.15) is 29.3 Å². The van der Waals surface area contributed by atoms with Crippen LogP contribution < -0.4 is 10.0 Å². The number of carbonyl (C=O) groups excluding carboxylic acids is 1. The standard InChI is InChI=1S/C21H27N3O6S2/c1-3-15-31(26,27)23-20-6-4-5-19(16(20)2)22-21(25)17-7-9-18(10-8-17)32(28,29)24-11-13-30-14-12-24/h4-10,23H,3,11-15H2,1-2H3,(H,22,25). The Hall–Kier alpha value is -2.47. The first kappa shape index (κ1) is 24.2. The fourth-order valence-corrected chi connectivity index (χ4v) is 5.88. The predicted molar refractivity (Wildman–Crippen MR) is 123 cm³/mol. The highest BCUT2D eigenvalue weighted by Gasteiger charge is 2.26. The third-order valence-corrected chi connectivity index (χ3v) is 8.43. The fourth-order valence-electron chi connectivity index (χ4n) is 3.28. The summed E-state index contributed by atoms with van der Waals surface area (Å²) in [6, 6.07) is 10.7. The van der Waals surface area contributed by atoms with E-state index in [4.69, 9.17) is 4.74 Å². The molecule has 0 saturated carbocycles. The van der Waals surface area contributed by atoms with E-state index in [1.54, 1.807) is 32.0 Å². The molecule has 1 heterocycles. The van der Waals surface area contributed by atoms with Crippen molar-refractivity contribution in [2.45, 2.75) is 25.2 Å². The average Bonchev–Trinajstić information content (AvgIpc) is 2.77. The zero-order valence-corrected chi connectivity index (χ0v) is 19.6. The van der Waals surface area contributed by atoms with Crippen LogP contribution in [-0.2, 0) is 24.8 Å². The molecular weight excluding hydrogens is 454 g/mol. The summed E-state index contributed by atoms with van der Waals surface area (Å²) in [5.74, 6) is -0.431. The maximum Gasteiger partial charge on any atom is 0.255 e. The summed E-state index contributed by atoms with van der Waals surface area (Å²) >= 11 is 0. The quantitative estimate of drug-likeness (QED) is 0.597. The van der Waals surface area contributed by atoms with Gasteiger partial charge in [-0.1, -0.05) is 13.0 Å². The van der Waals surface area contributed by atoms with Gasteiger partial charge in [-0.2, -0.15) is 4.31 Å². The molecule has 3 rings (SSSR count). The van der Waals surface area contributed by atoms with E-state index in [0.717, 1.165) is 0 Å². The van der Waals surface area contributed by atoms with Crippen LogP contribution >= 0.6 is 0 Å². The molecular formula is C21H27N3O6S2. The van der Waals surface area contributed by atoms with Crippen molar-refractivity contribution in [1.29, 1.82) is 0 Å². The van der Waals surface area contributed by atoms with E-state index in [2.05, 4.69) is 10.0 Å². The Morgan fingerprint density at radius 3 is 2.25 bits per heavy atom. The van der Waals surface area contributed by atoms with Crippen LogP contribution in [0, 0.1) is 6.92 Å². The topological polar surface area (TPSA) is 122 Å². The fraction of sp³-hybridized carbons (Fsp3) is 0.381. The molecule has 1 fully saturated rings. The van der Waals surface area contributed by atoms with Gasteiger partial charge >= 0.3 is 0 Å². The van der Waals surface area contributed by atoms with Crippen molar-refractivity contribution in [3.05, 3.63) is 53.6 Å². The Morgan fingerprint density at radius 2 is 1.62 bits per heavy atom. The van der Waals surface area contributed by atoms with Crippen molar-refractivity contribution < 1.29 is 26.4 Å². The highest BCUT2D eigenvalue weighted by atomic mass is 32.2. The molecule has 0 aromatic heterocycles. The molecule has 1 saturated heterocycles. The van der Waals surface area contributed by atoms with Gasteiger partial charge in [-0.3, -0.25) is 9.52 Å². The lowest BCUT2D eigenvalue weighted by molar-refractivity contribution is 0.0730. The molecule has 0 aliphatic carbocycles. The zero-order chi connectivity index (χ0) is 23.4. The number of nitrogens with zero attached hydrogens (tertiary/aromatic N) is 1. The number of rotatable bonds is 8. The van der Waals surface area contributed by atoms with Gasteiger partial charge in [0.15, 0.2) is 0 Å². The molecule has 2 aromatic carbocycles. The van der Waals surface area contributed by atoms with Gasteiger partial charge in [-0.15, -0.1) is 0 Å². The zero-order valence-electron chi connectivity index (χ0n) is 18.0. The maximum absolute atomic E-state index is 12.7. The Kier molecular flexibility index (Phi) is 7.55. The molecule has 0 spiro atoms. The molecule has 0 bridgehead atoms. The molecule has 0 unspecified atom stereocenters. The van der Waals surface area contributed by atoms with Crippen molar-refractivity contribution in [2.24, 2.45) is 0 Å². The van der Waals surface area contributed by atoms with Gasteiger partial charge in [0.25, 0.3) is 5.91 Å². The van der Waals surface area contributed by atoms with Gasteiger partial charge < -0.3 is 10.1 Å². The number of amides is 1. The number of nitrogens with one attached hydrogen (secondary N) is 2. The van der Waals surface area contributed by atoms with E-state index >= 15 is 0 Å². The summed E-state index contributed by atoms with van der Waals surface area (Å²) in [5, 5.41) is 2.76. The molecule has 1 aliphatic heterocycles. The van der Waals surface area contributed by atoms with Crippen molar-refractivity contribution in [2.75, 3.05) is 42.1 Å². The number of carbonyl (C=O) groups is 1. The number of morpholine rings is 1. The smallest absolute Gasteiger partial charge is 0.255 e. The second kappa shape index (κ2) is 9.99. The summed E-state index contributed by atoms with van der Waals surface area (Å²) < 4.78 is 58.7. The van der Waals surface area contributed by atoms with Crippen LogP contribution in [0.5, 0.6) is 0 Å². The van der Waals surface area contributed by atoms with Crippen molar-refractivity contribution in [3.8, 4) is 0 Å². The number of hydrogen-bond donors (Lipinski definition) is 2. The lowest BCUT2D eigenvalue weighted by atomic mass is 10.1. The highest BCUT2D eigenvalue weighted by Crippen LogP contribution is 2.25. The van der Waals surface area contributed by atoms with E-state index in [1.807, 2.05) is 0 Å². The molecule has 9 nitrogen and oxygen atoms in total. The number of anilines is 2. The molecule has 174 valence electrons. The normalized spacial score (nSPS) is 15.3. The lowest BCUT2D eigenvalue weighted by Gasteiger charge is -2.26. The second-order valence-corrected chi connectivity index (χ2v) is 11.2. The first-order valence-electron chi connectivity index (χ1n) is 10.2. The second-order valence-electron chi connectivity index (χ2n) is 7.39. The first-order chi connectivity index (χ1) is 15.1.